The Morgan fingerprint density at radius 2 is 1.92 bits per heavy atom. The van der Waals surface area contributed by atoms with Crippen LogP contribution in [0.5, 0.6) is 0 Å². The monoisotopic (exact) mass is 339 g/mol. The van der Waals surface area contributed by atoms with E-state index in [2.05, 4.69) is 21.6 Å². The molecule has 1 amide bonds. The van der Waals surface area contributed by atoms with Gasteiger partial charge in [0, 0.05) is 6.54 Å². The summed E-state index contributed by atoms with van der Waals surface area (Å²) < 4.78 is 18.3. The Kier molecular flexibility index (Phi) is 5.18. The Balaban J connectivity index is 1.52. The number of carbonyl (C=O) groups is 1. The summed E-state index contributed by atoms with van der Waals surface area (Å²) in [7, 11) is 0. The number of hydrogen-bond acceptors (Lipinski definition) is 4. The Bertz CT molecular complexity index is 859. The van der Waals surface area contributed by atoms with E-state index in [0.29, 0.717) is 18.9 Å². The van der Waals surface area contributed by atoms with Gasteiger partial charge in [-0.3, -0.25) is 4.79 Å². The second kappa shape index (κ2) is 7.70. The fourth-order valence-corrected chi connectivity index (χ4v) is 2.46. The minimum absolute atomic E-state index is 0.0682. The Labute approximate surface area is 144 Å². The number of amides is 1. The van der Waals surface area contributed by atoms with E-state index in [0.717, 1.165) is 17.5 Å². The van der Waals surface area contributed by atoms with Gasteiger partial charge in [-0.2, -0.15) is 0 Å². The first-order chi connectivity index (χ1) is 12.1. The zero-order valence-electron chi connectivity index (χ0n) is 13.8. The quantitative estimate of drug-likeness (QED) is 0.749. The van der Waals surface area contributed by atoms with Crippen molar-refractivity contribution in [3.8, 4) is 0 Å². The summed E-state index contributed by atoms with van der Waals surface area (Å²) in [6, 6.07) is 14.1. The molecule has 0 saturated heterocycles. The van der Waals surface area contributed by atoms with Crippen LogP contribution in [0.15, 0.2) is 52.9 Å². The van der Waals surface area contributed by atoms with Crippen LogP contribution in [0.25, 0.3) is 0 Å². The highest BCUT2D eigenvalue weighted by Crippen LogP contribution is 2.10. The molecule has 0 spiro atoms. The lowest BCUT2D eigenvalue weighted by molar-refractivity contribution is 0.0918. The lowest BCUT2D eigenvalue weighted by atomic mass is 10.1. The van der Waals surface area contributed by atoms with Crippen LogP contribution in [0.1, 0.15) is 33.3 Å². The van der Waals surface area contributed by atoms with Crippen molar-refractivity contribution in [2.45, 2.75) is 19.8 Å². The summed E-state index contributed by atoms with van der Waals surface area (Å²) in [5, 5.41) is 10.4. The largest absolute Gasteiger partial charge is 0.417 e. The average molecular weight is 339 g/mol. The zero-order valence-corrected chi connectivity index (χ0v) is 13.8. The van der Waals surface area contributed by atoms with E-state index in [9.17, 15) is 9.18 Å². The first-order valence-corrected chi connectivity index (χ1v) is 8.01. The lowest BCUT2D eigenvalue weighted by Gasteiger charge is -2.03. The third-order valence-corrected chi connectivity index (χ3v) is 3.71. The molecule has 25 heavy (non-hydrogen) atoms. The third kappa shape index (κ3) is 4.73. The number of benzene rings is 2. The summed E-state index contributed by atoms with van der Waals surface area (Å²) in [5.41, 5.74) is 3.17. The average Bonchev–Trinajstić information content (AvgIpc) is 3.06. The van der Waals surface area contributed by atoms with Gasteiger partial charge in [0.25, 0.3) is 0 Å². The fraction of sp³-hybridized carbons (Fsp3) is 0.211. The second-order valence-corrected chi connectivity index (χ2v) is 5.80. The molecular weight excluding hydrogens is 321 g/mol. The van der Waals surface area contributed by atoms with E-state index in [1.165, 1.54) is 17.7 Å². The van der Waals surface area contributed by atoms with E-state index >= 15 is 0 Å². The summed E-state index contributed by atoms with van der Waals surface area (Å²) >= 11 is 0. The number of aromatic nitrogens is 2. The molecule has 2 aromatic carbocycles. The number of carbonyl (C=O) groups excluding carboxylic acids is 1. The van der Waals surface area contributed by atoms with E-state index in [1.807, 2.05) is 25.1 Å². The van der Waals surface area contributed by atoms with Crippen LogP contribution < -0.4 is 5.32 Å². The maximum Gasteiger partial charge on any atom is 0.308 e. The van der Waals surface area contributed by atoms with Crippen molar-refractivity contribution in [2.24, 2.45) is 0 Å². The van der Waals surface area contributed by atoms with Gasteiger partial charge in [0.05, 0.1) is 6.42 Å². The Morgan fingerprint density at radius 1 is 1.12 bits per heavy atom. The summed E-state index contributed by atoms with van der Waals surface area (Å²) in [4.78, 5) is 12.1. The van der Waals surface area contributed by atoms with Crippen LogP contribution in [0.4, 0.5) is 4.39 Å². The van der Waals surface area contributed by atoms with Gasteiger partial charge in [0.2, 0.25) is 5.89 Å². The van der Waals surface area contributed by atoms with Gasteiger partial charge in [0.1, 0.15) is 5.82 Å². The van der Waals surface area contributed by atoms with Crippen molar-refractivity contribution in [3.05, 3.63) is 82.8 Å². The molecule has 3 rings (SSSR count). The highest BCUT2D eigenvalue weighted by Gasteiger charge is 2.14. The summed E-state index contributed by atoms with van der Waals surface area (Å²) in [6.45, 7) is 2.52. The van der Waals surface area contributed by atoms with Gasteiger partial charge in [-0.15, -0.1) is 10.2 Å². The van der Waals surface area contributed by atoms with Gasteiger partial charge in [-0.25, -0.2) is 4.39 Å². The predicted octanol–water partition coefficient (Wildman–Crippen LogP) is 3.08. The SMILES string of the molecule is Cc1cccc(CCNC(=O)c2nnc(Cc3ccc(F)cc3)o2)c1. The Hall–Kier alpha value is -3.02. The minimum Gasteiger partial charge on any atom is -0.417 e. The molecule has 0 atom stereocenters. The van der Waals surface area contributed by atoms with Crippen molar-refractivity contribution in [1.29, 1.82) is 0 Å². The van der Waals surface area contributed by atoms with Crippen molar-refractivity contribution in [2.75, 3.05) is 6.54 Å². The predicted molar refractivity (Wildman–Crippen MR) is 90.7 cm³/mol. The molecule has 0 fully saturated rings. The molecule has 1 aromatic heterocycles. The number of rotatable bonds is 6. The smallest absolute Gasteiger partial charge is 0.308 e. The molecule has 1 heterocycles. The van der Waals surface area contributed by atoms with Crippen LogP contribution in [0, 0.1) is 12.7 Å². The van der Waals surface area contributed by atoms with E-state index in [-0.39, 0.29) is 11.7 Å². The third-order valence-electron chi connectivity index (χ3n) is 3.71. The Morgan fingerprint density at radius 3 is 2.68 bits per heavy atom. The van der Waals surface area contributed by atoms with Gasteiger partial charge in [-0.1, -0.05) is 42.0 Å². The number of halogens is 1. The van der Waals surface area contributed by atoms with Crippen LogP contribution in [-0.2, 0) is 12.8 Å². The van der Waals surface area contributed by atoms with Crippen LogP contribution in [-0.4, -0.2) is 22.6 Å². The normalized spacial score (nSPS) is 10.6. The molecule has 0 aliphatic heterocycles. The molecule has 0 radical (unpaired) electrons. The maximum atomic E-state index is 12.9. The second-order valence-electron chi connectivity index (χ2n) is 5.80. The van der Waals surface area contributed by atoms with E-state index in [4.69, 9.17) is 4.42 Å². The molecule has 3 aromatic rings. The summed E-state index contributed by atoms with van der Waals surface area (Å²) in [6.07, 6.45) is 1.08. The molecule has 0 unspecified atom stereocenters. The van der Waals surface area contributed by atoms with Crippen LogP contribution >= 0.6 is 0 Å². The zero-order chi connectivity index (χ0) is 17.6. The maximum absolute atomic E-state index is 12.9. The molecule has 128 valence electrons. The van der Waals surface area contributed by atoms with Crippen molar-refractivity contribution < 1.29 is 13.6 Å². The first-order valence-electron chi connectivity index (χ1n) is 8.01. The van der Waals surface area contributed by atoms with Gasteiger partial charge < -0.3 is 9.73 Å². The topological polar surface area (TPSA) is 68.0 Å². The fourth-order valence-electron chi connectivity index (χ4n) is 2.46. The van der Waals surface area contributed by atoms with E-state index in [1.54, 1.807) is 12.1 Å². The molecule has 1 N–H and O–H groups in total. The van der Waals surface area contributed by atoms with Crippen LogP contribution in [0.2, 0.25) is 0 Å². The molecule has 0 bridgehead atoms. The molecule has 6 heteroatoms. The molecule has 0 aliphatic carbocycles. The number of aryl methyl sites for hydroxylation is 1. The van der Waals surface area contributed by atoms with Crippen molar-refractivity contribution in [3.63, 3.8) is 0 Å². The van der Waals surface area contributed by atoms with Gasteiger partial charge in [0.15, 0.2) is 0 Å². The van der Waals surface area contributed by atoms with Crippen molar-refractivity contribution >= 4 is 5.91 Å². The highest BCUT2D eigenvalue weighted by molar-refractivity contribution is 5.89. The van der Waals surface area contributed by atoms with Crippen LogP contribution in [0.3, 0.4) is 0 Å². The number of nitrogens with one attached hydrogen (secondary N) is 1. The highest BCUT2D eigenvalue weighted by atomic mass is 19.1. The number of hydrogen-bond donors (Lipinski definition) is 1. The standard InChI is InChI=1S/C19H18FN3O2/c1-13-3-2-4-14(11-13)9-10-21-18(24)19-23-22-17(25-19)12-15-5-7-16(20)8-6-15/h2-8,11H,9-10,12H2,1H3,(H,21,24). The number of nitrogens with zero attached hydrogens (tertiary/aromatic N) is 2. The molecular formula is C19H18FN3O2. The molecule has 0 aliphatic rings. The summed E-state index contributed by atoms with van der Waals surface area (Å²) in [5.74, 6) is -0.453. The van der Waals surface area contributed by atoms with Crippen molar-refractivity contribution in [1.82, 2.24) is 15.5 Å². The van der Waals surface area contributed by atoms with Gasteiger partial charge in [-0.05, 0) is 36.6 Å². The first kappa shape index (κ1) is 16.8. The molecule has 0 saturated carbocycles. The van der Waals surface area contributed by atoms with Gasteiger partial charge >= 0.3 is 11.8 Å². The molecule has 5 nitrogen and oxygen atoms in total. The minimum atomic E-state index is -0.398. The lowest BCUT2D eigenvalue weighted by Crippen LogP contribution is -2.26. The van der Waals surface area contributed by atoms with E-state index < -0.39 is 5.91 Å².